The van der Waals surface area contributed by atoms with Gasteiger partial charge in [0.15, 0.2) is 0 Å². The molecule has 0 fully saturated rings. The van der Waals surface area contributed by atoms with E-state index in [1.54, 1.807) is 18.5 Å². The summed E-state index contributed by atoms with van der Waals surface area (Å²) in [6.07, 6.45) is 6.69. The van der Waals surface area contributed by atoms with Gasteiger partial charge in [-0.1, -0.05) is 30.3 Å². The Morgan fingerprint density at radius 2 is 2.11 bits per heavy atom. The second kappa shape index (κ2) is 6.50. The maximum absolute atomic E-state index is 11.7. The highest BCUT2D eigenvalue weighted by atomic mass is 16.1. The van der Waals surface area contributed by atoms with Gasteiger partial charge in [0.2, 0.25) is 5.91 Å². The molecule has 0 spiro atoms. The van der Waals surface area contributed by atoms with E-state index in [9.17, 15) is 4.79 Å². The van der Waals surface area contributed by atoms with Crippen LogP contribution in [0.5, 0.6) is 0 Å². The lowest BCUT2D eigenvalue weighted by Crippen LogP contribution is -2.20. The van der Waals surface area contributed by atoms with Crippen molar-refractivity contribution < 1.29 is 4.79 Å². The second-order valence-corrected chi connectivity index (χ2v) is 4.26. The standard InChI is InChI=1S/C16H16N2O/c1-13-5-2-3-7-15(13)12-18-16(19)9-8-14-6-4-10-17-11-14/h2-11H,12H2,1H3,(H,18,19). The van der Waals surface area contributed by atoms with Crippen molar-refractivity contribution in [3.05, 3.63) is 71.6 Å². The number of benzene rings is 1. The van der Waals surface area contributed by atoms with Crippen molar-refractivity contribution in [1.82, 2.24) is 10.3 Å². The molecule has 0 atom stereocenters. The van der Waals surface area contributed by atoms with Gasteiger partial charge in [-0.25, -0.2) is 0 Å². The average molecular weight is 252 g/mol. The van der Waals surface area contributed by atoms with Crippen LogP contribution in [0.3, 0.4) is 0 Å². The summed E-state index contributed by atoms with van der Waals surface area (Å²) < 4.78 is 0. The Morgan fingerprint density at radius 3 is 2.84 bits per heavy atom. The van der Waals surface area contributed by atoms with Gasteiger partial charge < -0.3 is 5.32 Å². The van der Waals surface area contributed by atoms with E-state index in [0.29, 0.717) is 6.54 Å². The Hall–Kier alpha value is -2.42. The number of amides is 1. The van der Waals surface area contributed by atoms with Crippen molar-refractivity contribution >= 4 is 12.0 Å². The van der Waals surface area contributed by atoms with Gasteiger partial charge in [-0.15, -0.1) is 0 Å². The fraction of sp³-hybridized carbons (Fsp3) is 0.125. The molecule has 2 aromatic rings. The van der Waals surface area contributed by atoms with E-state index in [1.807, 2.05) is 43.3 Å². The van der Waals surface area contributed by atoms with Crippen molar-refractivity contribution in [2.24, 2.45) is 0 Å². The molecule has 19 heavy (non-hydrogen) atoms. The molecule has 1 N–H and O–H groups in total. The lowest BCUT2D eigenvalue weighted by Gasteiger charge is -2.05. The quantitative estimate of drug-likeness (QED) is 0.850. The summed E-state index contributed by atoms with van der Waals surface area (Å²) in [5.74, 6) is -0.105. The molecule has 1 aromatic carbocycles. The normalized spacial score (nSPS) is 10.6. The molecule has 2 rings (SSSR count). The summed E-state index contributed by atoms with van der Waals surface area (Å²) in [7, 11) is 0. The first kappa shape index (κ1) is 13.0. The average Bonchev–Trinajstić information content (AvgIpc) is 2.45. The molecule has 1 heterocycles. The van der Waals surface area contributed by atoms with E-state index in [4.69, 9.17) is 0 Å². The van der Waals surface area contributed by atoms with Crippen molar-refractivity contribution in [2.45, 2.75) is 13.5 Å². The minimum atomic E-state index is -0.105. The Bertz CT molecular complexity index is 576. The van der Waals surface area contributed by atoms with Gasteiger partial charge in [-0.2, -0.15) is 0 Å². The van der Waals surface area contributed by atoms with E-state index in [0.717, 1.165) is 11.1 Å². The number of rotatable bonds is 4. The number of nitrogens with zero attached hydrogens (tertiary/aromatic N) is 1. The third-order valence-corrected chi connectivity index (χ3v) is 2.83. The maximum Gasteiger partial charge on any atom is 0.244 e. The number of aromatic nitrogens is 1. The zero-order valence-electron chi connectivity index (χ0n) is 10.8. The number of nitrogens with one attached hydrogen (secondary N) is 1. The summed E-state index contributed by atoms with van der Waals surface area (Å²) in [6.45, 7) is 2.58. The molecule has 0 radical (unpaired) electrons. The Balaban J connectivity index is 1.89. The maximum atomic E-state index is 11.7. The van der Waals surface area contributed by atoms with Crippen molar-refractivity contribution in [3.63, 3.8) is 0 Å². The SMILES string of the molecule is Cc1ccccc1CNC(=O)C=Cc1cccnc1. The fourth-order valence-corrected chi connectivity index (χ4v) is 1.70. The van der Waals surface area contributed by atoms with Crippen LogP contribution < -0.4 is 5.32 Å². The number of carbonyl (C=O) groups excluding carboxylic acids is 1. The summed E-state index contributed by atoms with van der Waals surface area (Å²) >= 11 is 0. The van der Waals surface area contributed by atoms with E-state index < -0.39 is 0 Å². The van der Waals surface area contributed by atoms with Gasteiger partial charge in [0.05, 0.1) is 0 Å². The van der Waals surface area contributed by atoms with Crippen LogP contribution in [0.25, 0.3) is 6.08 Å². The first-order chi connectivity index (χ1) is 9.25. The summed E-state index contributed by atoms with van der Waals surface area (Å²) in [5.41, 5.74) is 3.22. The number of pyridine rings is 1. The molecule has 3 heteroatoms. The highest BCUT2D eigenvalue weighted by molar-refractivity contribution is 5.91. The first-order valence-electron chi connectivity index (χ1n) is 6.16. The van der Waals surface area contributed by atoms with Crippen LogP contribution >= 0.6 is 0 Å². The number of hydrogen-bond donors (Lipinski definition) is 1. The van der Waals surface area contributed by atoms with Crippen LogP contribution in [0, 0.1) is 6.92 Å². The number of carbonyl (C=O) groups is 1. The van der Waals surface area contributed by atoms with Gasteiger partial charge >= 0.3 is 0 Å². The fourth-order valence-electron chi connectivity index (χ4n) is 1.70. The molecular weight excluding hydrogens is 236 g/mol. The zero-order valence-corrected chi connectivity index (χ0v) is 10.8. The lowest BCUT2D eigenvalue weighted by atomic mass is 10.1. The van der Waals surface area contributed by atoms with Crippen molar-refractivity contribution in [2.75, 3.05) is 0 Å². The molecule has 3 nitrogen and oxygen atoms in total. The predicted molar refractivity (Wildman–Crippen MR) is 76.3 cm³/mol. The van der Waals surface area contributed by atoms with Gasteiger partial charge in [-0.05, 0) is 35.8 Å². The van der Waals surface area contributed by atoms with E-state index in [1.165, 1.54) is 11.6 Å². The largest absolute Gasteiger partial charge is 0.348 e. The highest BCUT2D eigenvalue weighted by Gasteiger charge is 1.99. The van der Waals surface area contributed by atoms with Crippen LogP contribution in [0.15, 0.2) is 54.9 Å². The van der Waals surface area contributed by atoms with E-state index >= 15 is 0 Å². The Kier molecular flexibility index (Phi) is 4.45. The third kappa shape index (κ3) is 4.07. The van der Waals surface area contributed by atoms with Gasteiger partial charge in [-0.3, -0.25) is 9.78 Å². The molecule has 0 unspecified atom stereocenters. The minimum Gasteiger partial charge on any atom is -0.348 e. The molecular formula is C16H16N2O. The van der Waals surface area contributed by atoms with Crippen LogP contribution in [0.4, 0.5) is 0 Å². The van der Waals surface area contributed by atoms with Crippen molar-refractivity contribution in [3.8, 4) is 0 Å². The van der Waals surface area contributed by atoms with Gasteiger partial charge in [0.25, 0.3) is 0 Å². The first-order valence-corrected chi connectivity index (χ1v) is 6.16. The summed E-state index contributed by atoms with van der Waals surface area (Å²) in [5, 5.41) is 2.86. The monoisotopic (exact) mass is 252 g/mol. The number of aryl methyl sites for hydroxylation is 1. The molecule has 0 aliphatic heterocycles. The molecule has 0 aliphatic carbocycles. The Morgan fingerprint density at radius 1 is 1.26 bits per heavy atom. The summed E-state index contributed by atoms with van der Waals surface area (Å²) in [4.78, 5) is 15.7. The van der Waals surface area contributed by atoms with Crippen LogP contribution in [-0.2, 0) is 11.3 Å². The molecule has 0 saturated carbocycles. The third-order valence-electron chi connectivity index (χ3n) is 2.83. The second-order valence-electron chi connectivity index (χ2n) is 4.26. The molecule has 1 aromatic heterocycles. The smallest absolute Gasteiger partial charge is 0.244 e. The molecule has 0 saturated heterocycles. The van der Waals surface area contributed by atoms with Crippen LogP contribution in [-0.4, -0.2) is 10.9 Å². The molecule has 0 aliphatic rings. The molecule has 0 bridgehead atoms. The van der Waals surface area contributed by atoms with E-state index in [-0.39, 0.29) is 5.91 Å². The van der Waals surface area contributed by atoms with Crippen LogP contribution in [0.1, 0.15) is 16.7 Å². The zero-order chi connectivity index (χ0) is 13.5. The Labute approximate surface area is 113 Å². The predicted octanol–water partition coefficient (Wildman–Crippen LogP) is 2.72. The van der Waals surface area contributed by atoms with Crippen molar-refractivity contribution in [1.29, 1.82) is 0 Å². The van der Waals surface area contributed by atoms with E-state index in [2.05, 4.69) is 10.3 Å². The van der Waals surface area contributed by atoms with Gasteiger partial charge in [0, 0.05) is 25.0 Å². The minimum absolute atomic E-state index is 0.105. The molecule has 96 valence electrons. The number of hydrogen-bond acceptors (Lipinski definition) is 2. The lowest BCUT2D eigenvalue weighted by molar-refractivity contribution is -0.116. The van der Waals surface area contributed by atoms with Gasteiger partial charge in [0.1, 0.15) is 0 Å². The van der Waals surface area contributed by atoms with Crippen LogP contribution in [0.2, 0.25) is 0 Å². The topological polar surface area (TPSA) is 42.0 Å². The highest BCUT2D eigenvalue weighted by Crippen LogP contribution is 2.06. The summed E-state index contributed by atoms with van der Waals surface area (Å²) in [6, 6.07) is 11.7. The molecule has 1 amide bonds.